The van der Waals surface area contributed by atoms with Gasteiger partial charge in [0.2, 0.25) is 10.0 Å². The third-order valence-corrected chi connectivity index (χ3v) is 6.71. The summed E-state index contributed by atoms with van der Waals surface area (Å²) in [5.74, 6) is 0.377. The van der Waals surface area contributed by atoms with Crippen molar-refractivity contribution in [3.8, 4) is 5.75 Å². The van der Waals surface area contributed by atoms with Gasteiger partial charge in [-0.2, -0.15) is 4.31 Å². The number of aryl methyl sites for hydroxylation is 1. The highest BCUT2D eigenvalue weighted by Crippen LogP contribution is 2.29. The molecule has 0 aromatic heterocycles. The SMILES string of the molecule is COc1ccc(C)cc1S(=O)(=O)N1CCN(c2cccc(C(C)=O)c2)CC1. The fraction of sp³-hybridized carbons (Fsp3) is 0.350. The highest BCUT2D eigenvalue weighted by Gasteiger charge is 2.31. The minimum absolute atomic E-state index is 0.0182. The van der Waals surface area contributed by atoms with E-state index in [-0.39, 0.29) is 10.7 Å². The Morgan fingerprint density at radius 1 is 1.04 bits per heavy atom. The van der Waals surface area contributed by atoms with Gasteiger partial charge in [-0.25, -0.2) is 8.42 Å². The lowest BCUT2D eigenvalue weighted by atomic mass is 10.1. The molecule has 0 aliphatic carbocycles. The van der Waals surface area contributed by atoms with E-state index in [1.807, 2.05) is 31.2 Å². The van der Waals surface area contributed by atoms with E-state index >= 15 is 0 Å². The van der Waals surface area contributed by atoms with Gasteiger partial charge in [-0.1, -0.05) is 18.2 Å². The molecular formula is C20H24N2O4S. The van der Waals surface area contributed by atoms with Crippen LogP contribution in [0.3, 0.4) is 0 Å². The molecule has 3 rings (SSSR count). The maximum atomic E-state index is 13.1. The van der Waals surface area contributed by atoms with Crippen LogP contribution < -0.4 is 9.64 Å². The molecule has 27 heavy (non-hydrogen) atoms. The van der Waals surface area contributed by atoms with Crippen LogP contribution in [0.25, 0.3) is 0 Å². The summed E-state index contributed by atoms with van der Waals surface area (Å²) in [5, 5.41) is 0. The molecule has 2 aromatic carbocycles. The van der Waals surface area contributed by atoms with Crippen molar-refractivity contribution in [2.24, 2.45) is 0 Å². The van der Waals surface area contributed by atoms with Gasteiger partial charge in [-0.3, -0.25) is 4.79 Å². The van der Waals surface area contributed by atoms with Crippen LogP contribution in [0.1, 0.15) is 22.8 Å². The molecule has 1 saturated heterocycles. The fourth-order valence-electron chi connectivity index (χ4n) is 3.23. The molecule has 1 fully saturated rings. The number of hydrogen-bond acceptors (Lipinski definition) is 5. The van der Waals surface area contributed by atoms with Crippen molar-refractivity contribution in [2.75, 3.05) is 38.2 Å². The monoisotopic (exact) mass is 388 g/mol. The molecule has 6 nitrogen and oxygen atoms in total. The summed E-state index contributed by atoms with van der Waals surface area (Å²) >= 11 is 0. The first-order chi connectivity index (χ1) is 12.8. The first-order valence-electron chi connectivity index (χ1n) is 8.83. The molecule has 1 heterocycles. The van der Waals surface area contributed by atoms with Crippen molar-refractivity contribution in [3.63, 3.8) is 0 Å². The van der Waals surface area contributed by atoms with Gasteiger partial charge >= 0.3 is 0 Å². The lowest BCUT2D eigenvalue weighted by molar-refractivity contribution is 0.101. The summed E-state index contributed by atoms with van der Waals surface area (Å²) in [4.78, 5) is 13.9. The second-order valence-electron chi connectivity index (χ2n) is 6.65. The topological polar surface area (TPSA) is 66.9 Å². The number of methoxy groups -OCH3 is 1. The molecule has 1 aliphatic heterocycles. The lowest BCUT2D eigenvalue weighted by Crippen LogP contribution is -2.48. The molecule has 2 aromatic rings. The summed E-state index contributed by atoms with van der Waals surface area (Å²) in [6, 6.07) is 12.6. The van der Waals surface area contributed by atoms with Gasteiger partial charge < -0.3 is 9.64 Å². The first-order valence-corrected chi connectivity index (χ1v) is 10.3. The standard InChI is InChI=1S/C20H24N2O4S/c1-15-7-8-19(26-3)20(13-15)27(24,25)22-11-9-21(10-12-22)18-6-4-5-17(14-18)16(2)23/h4-8,13-14H,9-12H2,1-3H3. The van der Waals surface area contributed by atoms with Gasteiger partial charge in [0.25, 0.3) is 0 Å². The number of ketones is 1. The minimum atomic E-state index is -3.63. The van der Waals surface area contributed by atoms with E-state index in [0.29, 0.717) is 37.5 Å². The highest BCUT2D eigenvalue weighted by molar-refractivity contribution is 7.89. The largest absolute Gasteiger partial charge is 0.495 e. The highest BCUT2D eigenvalue weighted by atomic mass is 32.2. The molecular weight excluding hydrogens is 364 g/mol. The Bertz CT molecular complexity index is 948. The predicted octanol–water partition coefficient (Wildman–Crippen LogP) is 2.72. The van der Waals surface area contributed by atoms with E-state index in [0.717, 1.165) is 11.3 Å². The summed E-state index contributed by atoms with van der Waals surface area (Å²) in [5.41, 5.74) is 2.47. The Labute approximate surface area is 160 Å². The van der Waals surface area contributed by atoms with Gasteiger partial charge in [-0.15, -0.1) is 0 Å². The van der Waals surface area contributed by atoms with Gasteiger partial charge in [-0.05, 0) is 43.7 Å². The molecule has 1 aliphatic rings. The van der Waals surface area contributed by atoms with E-state index in [2.05, 4.69) is 4.90 Å². The first kappa shape index (κ1) is 19.4. The van der Waals surface area contributed by atoms with Crippen LogP contribution in [0.2, 0.25) is 0 Å². The van der Waals surface area contributed by atoms with Gasteiger partial charge in [0.05, 0.1) is 7.11 Å². The number of Topliss-reactive ketones (excluding diaryl/α,β-unsaturated/α-hetero) is 1. The van der Waals surface area contributed by atoms with Crippen LogP contribution in [0, 0.1) is 6.92 Å². The van der Waals surface area contributed by atoms with Gasteiger partial charge in [0.15, 0.2) is 5.78 Å². The van der Waals surface area contributed by atoms with Gasteiger partial charge in [0, 0.05) is 37.4 Å². The second-order valence-corrected chi connectivity index (χ2v) is 8.56. The number of benzene rings is 2. The molecule has 7 heteroatoms. The van der Waals surface area contributed by atoms with Crippen LogP contribution in [0.4, 0.5) is 5.69 Å². The van der Waals surface area contributed by atoms with Crippen molar-refractivity contribution < 1.29 is 17.9 Å². The van der Waals surface area contributed by atoms with Crippen LogP contribution >= 0.6 is 0 Å². The Kier molecular flexibility index (Phi) is 5.53. The molecule has 0 saturated carbocycles. The quantitative estimate of drug-likeness (QED) is 0.737. The van der Waals surface area contributed by atoms with Crippen molar-refractivity contribution in [2.45, 2.75) is 18.7 Å². The fourth-order valence-corrected chi connectivity index (χ4v) is 4.90. The number of carbonyl (C=O) groups excluding carboxylic acids is 1. The number of anilines is 1. The zero-order valence-corrected chi connectivity index (χ0v) is 16.6. The van der Waals surface area contributed by atoms with E-state index in [1.54, 1.807) is 25.1 Å². The van der Waals surface area contributed by atoms with Crippen LogP contribution in [-0.4, -0.2) is 51.8 Å². The van der Waals surface area contributed by atoms with Crippen LogP contribution in [0.5, 0.6) is 5.75 Å². The molecule has 0 spiro atoms. The third-order valence-electron chi connectivity index (χ3n) is 4.79. The van der Waals surface area contributed by atoms with E-state index in [4.69, 9.17) is 4.74 Å². The number of nitrogens with zero attached hydrogens (tertiary/aromatic N) is 2. The summed E-state index contributed by atoms with van der Waals surface area (Å²) in [6.45, 7) is 5.29. The zero-order chi connectivity index (χ0) is 19.6. The number of hydrogen-bond donors (Lipinski definition) is 0. The van der Waals surface area contributed by atoms with Crippen LogP contribution in [0.15, 0.2) is 47.4 Å². The molecule has 0 amide bonds. The van der Waals surface area contributed by atoms with E-state index < -0.39 is 10.0 Å². The van der Waals surface area contributed by atoms with E-state index in [1.165, 1.54) is 11.4 Å². The normalized spacial score (nSPS) is 15.6. The average molecular weight is 388 g/mol. The van der Waals surface area contributed by atoms with Gasteiger partial charge in [0.1, 0.15) is 10.6 Å². The molecule has 0 radical (unpaired) electrons. The molecule has 0 N–H and O–H groups in total. The second kappa shape index (κ2) is 7.70. The minimum Gasteiger partial charge on any atom is -0.495 e. The lowest BCUT2D eigenvalue weighted by Gasteiger charge is -2.35. The van der Waals surface area contributed by atoms with Crippen molar-refractivity contribution >= 4 is 21.5 Å². The molecule has 0 unspecified atom stereocenters. The number of piperazine rings is 1. The number of carbonyl (C=O) groups is 1. The smallest absolute Gasteiger partial charge is 0.246 e. The summed E-state index contributed by atoms with van der Waals surface area (Å²) < 4.78 is 32.9. The predicted molar refractivity (Wildman–Crippen MR) is 105 cm³/mol. The third kappa shape index (κ3) is 3.99. The Morgan fingerprint density at radius 2 is 1.74 bits per heavy atom. The van der Waals surface area contributed by atoms with Crippen molar-refractivity contribution in [3.05, 3.63) is 53.6 Å². The Morgan fingerprint density at radius 3 is 2.37 bits per heavy atom. The Hall–Kier alpha value is -2.38. The van der Waals surface area contributed by atoms with Crippen molar-refractivity contribution in [1.82, 2.24) is 4.31 Å². The van der Waals surface area contributed by atoms with E-state index in [9.17, 15) is 13.2 Å². The number of rotatable bonds is 5. The van der Waals surface area contributed by atoms with Crippen LogP contribution in [-0.2, 0) is 10.0 Å². The summed E-state index contributed by atoms with van der Waals surface area (Å²) in [7, 11) is -2.15. The number of sulfonamides is 1. The summed E-state index contributed by atoms with van der Waals surface area (Å²) in [6.07, 6.45) is 0. The molecule has 0 bridgehead atoms. The maximum absolute atomic E-state index is 13.1. The molecule has 144 valence electrons. The van der Waals surface area contributed by atoms with Crippen molar-refractivity contribution in [1.29, 1.82) is 0 Å². The average Bonchev–Trinajstić information content (AvgIpc) is 2.68. The molecule has 0 atom stereocenters. The number of ether oxygens (including phenoxy) is 1. The Balaban J connectivity index is 1.78. The maximum Gasteiger partial charge on any atom is 0.246 e. The zero-order valence-electron chi connectivity index (χ0n) is 15.8.